The fraction of sp³-hybridized carbons (Fsp3) is 0.125. The van der Waals surface area contributed by atoms with Crippen LogP contribution in [0.15, 0.2) is 73.1 Å². The number of ether oxygens (including phenoxy) is 2. The van der Waals surface area contributed by atoms with Gasteiger partial charge in [0.25, 0.3) is 5.91 Å². The quantitative estimate of drug-likeness (QED) is 0.487. The number of anilines is 1. The van der Waals surface area contributed by atoms with Gasteiger partial charge in [-0.25, -0.2) is 4.98 Å². The molecule has 0 bridgehead atoms. The van der Waals surface area contributed by atoms with Crippen LogP contribution in [-0.2, 0) is 6.61 Å². The Bertz CT molecular complexity index is 1240. The van der Waals surface area contributed by atoms with E-state index < -0.39 is 0 Å². The van der Waals surface area contributed by atoms with E-state index in [9.17, 15) is 4.79 Å². The van der Waals surface area contributed by atoms with Crippen LogP contribution in [-0.4, -0.2) is 21.9 Å². The van der Waals surface area contributed by atoms with Gasteiger partial charge in [-0.05, 0) is 67.1 Å². The van der Waals surface area contributed by atoms with E-state index in [0.29, 0.717) is 29.4 Å². The third-order valence-electron chi connectivity index (χ3n) is 4.57. The minimum Gasteiger partial charge on any atom is -0.487 e. The molecule has 0 radical (unpaired) electrons. The Morgan fingerprint density at radius 3 is 2.45 bits per heavy atom. The number of carbonyl (C=O) groups excluding carboxylic acids is 1. The Balaban J connectivity index is 1.33. The van der Waals surface area contributed by atoms with E-state index in [-0.39, 0.29) is 12.5 Å². The van der Waals surface area contributed by atoms with Crippen LogP contribution in [0.2, 0.25) is 0 Å². The molecule has 0 aliphatic heterocycles. The van der Waals surface area contributed by atoms with E-state index in [1.165, 1.54) is 0 Å². The molecule has 0 fully saturated rings. The zero-order valence-electron chi connectivity index (χ0n) is 16.9. The van der Waals surface area contributed by atoms with Gasteiger partial charge in [-0.15, -0.1) is 0 Å². The monoisotopic (exact) mass is 412 g/mol. The molecule has 154 valence electrons. The van der Waals surface area contributed by atoms with Crippen molar-refractivity contribution >= 4 is 17.2 Å². The number of aryl methyl sites for hydroxylation is 1. The van der Waals surface area contributed by atoms with Crippen molar-refractivity contribution in [3.05, 3.63) is 89.9 Å². The van der Waals surface area contributed by atoms with E-state index in [0.717, 1.165) is 16.9 Å². The van der Waals surface area contributed by atoms with Gasteiger partial charge < -0.3 is 19.2 Å². The van der Waals surface area contributed by atoms with Crippen molar-refractivity contribution in [2.24, 2.45) is 0 Å². The van der Waals surface area contributed by atoms with Gasteiger partial charge in [0.2, 0.25) is 0 Å². The Morgan fingerprint density at radius 1 is 1.00 bits per heavy atom. The topological polar surface area (TPSA) is 88.7 Å². The molecule has 1 amide bonds. The molecule has 0 spiro atoms. The van der Waals surface area contributed by atoms with Gasteiger partial charge in [-0.1, -0.05) is 6.07 Å². The molecule has 0 unspecified atom stereocenters. The van der Waals surface area contributed by atoms with Gasteiger partial charge in [0.15, 0.2) is 6.61 Å². The number of nitriles is 1. The number of imidazole rings is 1. The lowest BCUT2D eigenvalue weighted by molar-refractivity contribution is 0.102. The Morgan fingerprint density at radius 2 is 1.71 bits per heavy atom. The molecule has 7 nitrogen and oxygen atoms in total. The molecule has 4 aromatic rings. The molecule has 2 heterocycles. The number of amides is 1. The van der Waals surface area contributed by atoms with Gasteiger partial charge >= 0.3 is 0 Å². The van der Waals surface area contributed by atoms with Gasteiger partial charge in [0.05, 0.1) is 5.69 Å². The third-order valence-corrected chi connectivity index (χ3v) is 4.57. The van der Waals surface area contributed by atoms with E-state index in [2.05, 4.69) is 10.3 Å². The van der Waals surface area contributed by atoms with Crippen LogP contribution in [0.4, 0.5) is 5.69 Å². The first kappa shape index (κ1) is 20.0. The molecule has 0 atom stereocenters. The van der Waals surface area contributed by atoms with E-state index in [1.54, 1.807) is 48.5 Å². The van der Waals surface area contributed by atoms with Gasteiger partial charge in [-0.2, -0.15) is 5.26 Å². The second-order valence-corrected chi connectivity index (χ2v) is 6.94. The minimum absolute atomic E-state index is 0.0169. The van der Waals surface area contributed by atoms with Crippen molar-refractivity contribution in [2.75, 3.05) is 11.9 Å². The number of hydrogen-bond acceptors (Lipinski definition) is 5. The zero-order valence-corrected chi connectivity index (χ0v) is 16.9. The summed E-state index contributed by atoms with van der Waals surface area (Å²) in [6.07, 6.45) is 3.97. The molecule has 0 aliphatic rings. The first-order valence-electron chi connectivity index (χ1n) is 9.69. The first-order chi connectivity index (χ1) is 15.1. The van der Waals surface area contributed by atoms with Crippen molar-refractivity contribution in [2.45, 2.75) is 13.5 Å². The zero-order chi connectivity index (χ0) is 21.6. The molecule has 1 N–H and O–H groups in total. The molecule has 4 rings (SSSR count). The molecule has 31 heavy (non-hydrogen) atoms. The number of pyridine rings is 1. The Hall–Kier alpha value is -4.31. The average Bonchev–Trinajstić information content (AvgIpc) is 3.19. The van der Waals surface area contributed by atoms with Crippen LogP contribution in [0, 0.1) is 18.3 Å². The summed E-state index contributed by atoms with van der Waals surface area (Å²) in [6, 6.07) is 19.7. The lowest BCUT2D eigenvalue weighted by Gasteiger charge is -2.08. The van der Waals surface area contributed by atoms with Crippen LogP contribution in [0.3, 0.4) is 0 Å². The summed E-state index contributed by atoms with van der Waals surface area (Å²) in [7, 11) is 0. The second kappa shape index (κ2) is 9.01. The number of aromatic nitrogens is 2. The average molecular weight is 412 g/mol. The molecule has 7 heteroatoms. The lowest BCUT2D eigenvalue weighted by Crippen LogP contribution is -2.11. The summed E-state index contributed by atoms with van der Waals surface area (Å²) in [5.74, 6) is 0.999. The fourth-order valence-electron chi connectivity index (χ4n) is 3.04. The van der Waals surface area contributed by atoms with Gasteiger partial charge in [0.1, 0.15) is 29.8 Å². The molecule has 2 aromatic carbocycles. The number of hydrogen-bond donors (Lipinski definition) is 1. The van der Waals surface area contributed by atoms with Crippen molar-refractivity contribution in [3.8, 4) is 17.6 Å². The molecule has 0 saturated heterocycles. The van der Waals surface area contributed by atoms with Gasteiger partial charge in [-0.3, -0.25) is 4.79 Å². The molecule has 2 aromatic heterocycles. The standard InChI is InChI=1S/C24H20N4O3/c1-17-2-11-23-26-20(15-28(23)14-17)16-31-22-7-3-18(4-8-22)24(29)27-19-5-9-21(10-6-19)30-13-12-25/h2-11,14-15H,13,16H2,1H3,(H,27,29). The maximum absolute atomic E-state index is 12.4. The summed E-state index contributed by atoms with van der Waals surface area (Å²) in [4.78, 5) is 17.0. The number of carbonyl (C=O) groups is 1. The summed E-state index contributed by atoms with van der Waals surface area (Å²) >= 11 is 0. The van der Waals surface area contributed by atoms with Crippen molar-refractivity contribution in [1.82, 2.24) is 9.38 Å². The molecular weight excluding hydrogens is 392 g/mol. The molecular formula is C24H20N4O3. The largest absolute Gasteiger partial charge is 0.487 e. The summed E-state index contributed by atoms with van der Waals surface area (Å²) in [6.45, 7) is 2.36. The SMILES string of the molecule is Cc1ccc2nc(COc3ccc(C(=O)Nc4ccc(OCC#N)cc4)cc3)cn2c1. The number of fused-ring (bicyclic) bond motifs is 1. The van der Waals surface area contributed by atoms with Crippen LogP contribution in [0.25, 0.3) is 5.65 Å². The predicted molar refractivity (Wildman–Crippen MR) is 116 cm³/mol. The van der Waals surface area contributed by atoms with Crippen LogP contribution in [0.1, 0.15) is 21.6 Å². The molecule has 0 saturated carbocycles. The highest BCUT2D eigenvalue weighted by Crippen LogP contribution is 2.18. The van der Waals surface area contributed by atoms with Crippen LogP contribution < -0.4 is 14.8 Å². The summed E-state index contributed by atoms with van der Waals surface area (Å²) in [5, 5.41) is 11.4. The van der Waals surface area contributed by atoms with E-state index in [4.69, 9.17) is 14.7 Å². The Kier molecular flexibility index (Phi) is 5.81. The summed E-state index contributed by atoms with van der Waals surface area (Å²) < 4.78 is 13.0. The van der Waals surface area contributed by atoms with E-state index in [1.807, 2.05) is 41.9 Å². The minimum atomic E-state index is -0.229. The Labute approximate surface area is 179 Å². The number of benzene rings is 2. The lowest BCUT2D eigenvalue weighted by atomic mass is 10.2. The van der Waals surface area contributed by atoms with Crippen molar-refractivity contribution in [3.63, 3.8) is 0 Å². The fourth-order valence-corrected chi connectivity index (χ4v) is 3.04. The predicted octanol–water partition coefficient (Wildman–Crippen LogP) is 4.38. The maximum atomic E-state index is 12.4. The highest BCUT2D eigenvalue weighted by molar-refractivity contribution is 6.04. The van der Waals surface area contributed by atoms with Crippen molar-refractivity contribution < 1.29 is 14.3 Å². The smallest absolute Gasteiger partial charge is 0.255 e. The van der Waals surface area contributed by atoms with Gasteiger partial charge in [0, 0.05) is 23.6 Å². The highest BCUT2D eigenvalue weighted by atomic mass is 16.5. The van der Waals surface area contributed by atoms with Crippen molar-refractivity contribution in [1.29, 1.82) is 5.26 Å². The van der Waals surface area contributed by atoms with Crippen LogP contribution >= 0.6 is 0 Å². The first-order valence-corrected chi connectivity index (χ1v) is 9.69. The van der Waals surface area contributed by atoms with Crippen LogP contribution in [0.5, 0.6) is 11.5 Å². The number of nitrogens with one attached hydrogen (secondary N) is 1. The summed E-state index contributed by atoms with van der Waals surface area (Å²) in [5.41, 5.74) is 4.02. The highest BCUT2D eigenvalue weighted by Gasteiger charge is 2.08. The maximum Gasteiger partial charge on any atom is 0.255 e. The molecule has 0 aliphatic carbocycles. The third kappa shape index (κ3) is 5.00. The number of rotatable bonds is 7. The number of nitrogens with zero attached hydrogens (tertiary/aromatic N) is 3. The van der Waals surface area contributed by atoms with E-state index >= 15 is 0 Å². The second-order valence-electron chi connectivity index (χ2n) is 6.94. The normalized spacial score (nSPS) is 10.5.